The van der Waals surface area contributed by atoms with Crippen molar-refractivity contribution in [2.75, 3.05) is 18.1 Å². The van der Waals surface area contributed by atoms with Crippen molar-refractivity contribution in [1.29, 1.82) is 0 Å². The van der Waals surface area contributed by atoms with Gasteiger partial charge >= 0.3 is 0 Å². The van der Waals surface area contributed by atoms with Crippen LogP contribution in [0.15, 0.2) is 24.3 Å². The summed E-state index contributed by atoms with van der Waals surface area (Å²) in [4.78, 5) is 11.8. The van der Waals surface area contributed by atoms with E-state index in [0.29, 0.717) is 18.5 Å². The molecule has 4 nitrogen and oxygen atoms in total. The van der Waals surface area contributed by atoms with Gasteiger partial charge in [-0.1, -0.05) is 17.7 Å². The molecule has 1 N–H and O–H groups in total. The smallest absolute Gasteiger partial charge is 0.251 e. The van der Waals surface area contributed by atoms with Crippen LogP contribution in [0, 0.1) is 12.8 Å². The fourth-order valence-electron chi connectivity index (χ4n) is 2.08. The van der Waals surface area contributed by atoms with Crippen LogP contribution in [0.2, 0.25) is 0 Å². The molecule has 5 heteroatoms. The summed E-state index contributed by atoms with van der Waals surface area (Å²) in [5.74, 6) is 0.364. The lowest BCUT2D eigenvalue weighted by atomic mass is 10.1. The fourth-order valence-corrected chi connectivity index (χ4v) is 3.94. The molecule has 1 aromatic carbocycles. The zero-order valence-electron chi connectivity index (χ0n) is 10.3. The molecule has 0 bridgehead atoms. The van der Waals surface area contributed by atoms with Crippen molar-refractivity contribution in [2.24, 2.45) is 5.92 Å². The van der Waals surface area contributed by atoms with E-state index in [9.17, 15) is 13.2 Å². The average molecular weight is 267 g/mol. The van der Waals surface area contributed by atoms with Crippen LogP contribution in [0.5, 0.6) is 0 Å². The van der Waals surface area contributed by atoms with Gasteiger partial charge in [-0.3, -0.25) is 4.79 Å². The Morgan fingerprint density at radius 3 is 2.56 bits per heavy atom. The number of amides is 1. The van der Waals surface area contributed by atoms with Crippen LogP contribution >= 0.6 is 0 Å². The van der Waals surface area contributed by atoms with Crippen molar-refractivity contribution in [3.05, 3.63) is 35.4 Å². The lowest BCUT2D eigenvalue weighted by Gasteiger charge is -2.09. The molecule has 1 saturated heterocycles. The van der Waals surface area contributed by atoms with Gasteiger partial charge in [-0.2, -0.15) is 0 Å². The van der Waals surface area contributed by atoms with Gasteiger partial charge in [0, 0.05) is 12.1 Å². The minimum absolute atomic E-state index is 0.0596. The van der Waals surface area contributed by atoms with E-state index in [1.807, 2.05) is 19.1 Å². The Balaban J connectivity index is 1.87. The molecule has 2 rings (SSSR count). The van der Waals surface area contributed by atoms with Crippen LogP contribution in [0.3, 0.4) is 0 Å². The Bertz CT molecular complexity index is 534. The number of rotatable bonds is 3. The second-order valence-corrected chi connectivity index (χ2v) is 7.07. The van der Waals surface area contributed by atoms with E-state index >= 15 is 0 Å². The molecular formula is C13H17NO3S. The number of benzene rings is 1. The molecule has 1 atom stereocenters. The topological polar surface area (TPSA) is 63.2 Å². The summed E-state index contributed by atoms with van der Waals surface area (Å²) in [5.41, 5.74) is 1.72. The van der Waals surface area contributed by atoms with E-state index in [1.165, 1.54) is 0 Å². The predicted octanol–water partition coefficient (Wildman–Crippen LogP) is 1.16. The highest BCUT2D eigenvalue weighted by atomic mass is 32.2. The lowest BCUT2D eigenvalue weighted by Crippen LogP contribution is -2.29. The Labute approximate surface area is 107 Å². The van der Waals surface area contributed by atoms with Crippen LogP contribution in [-0.4, -0.2) is 32.4 Å². The molecular weight excluding hydrogens is 250 g/mol. The summed E-state index contributed by atoms with van der Waals surface area (Å²) in [6.45, 7) is 2.40. The number of aryl methyl sites for hydroxylation is 1. The van der Waals surface area contributed by atoms with Crippen LogP contribution < -0.4 is 5.32 Å². The largest absolute Gasteiger partial charge is 0.352 e. The molecule has 18 heavy (non-hydrogen) atoms. The van der Waals surface area contributed by atoms with Crippen LogP contribution in [0.4, 0.5) is 0 Å². The first-order valence-corrected chi connectivity index (χ1v) is 7.84. The average Bonchev–Trinajstić information content (AvgIpc) is 2.67. The number of hydrogen-bond acceptors (Lipinski definition) is 3. The second-order valence-electron chi connectivity index (χ2n) is 4.85. The van der Waals surface area contributed by atoms with Gasteiger partial charge < -0.3 is 5.32 Å². The van der Waals surface area contributed by atoms with Crippen molar-refractivity contribution in [3.63, 3.8) is 0 Å². The predicted molar refractivity (Wildman–Crippen MR) is 70.3 cm³/mol. The van der Waals surface area contributed by atoms with Gasteiger partial charge in [-0.05, 0) is 31.4 Å². The molecule has 1 amide bonds. The zero-order valence-corrected chi connectivity index (χ0v) is 11.2. The third-order valence-electron chi connectivity index (χ3n) is 3.19. The highest BCUT2D eigenvalue weighted by Crippen LogP contribution is 2.17. The minimum Gasteiger partial charge on any atom is -0.352 e. The van der Waals surface area contributed by atoms with Gasteiger partial charge in [0.05, 0.1) is 11.5 Å². The number of carbonyl (C=O) groups excluding carboxylic acids is 1. The monoisotopic (exact) mass is 267 g/mol. The summed E-state index contributed by atoms with van der Waals surface area (Å²) in [7, 11) is -2.86. The molecule has 1 aliphatic rings. The van der Waals surface area contributed by atoms with E-state index in [0.717, 1.165) is 5.56 Å². The summed E-state index contributed by atoms with van der Waals surface area (Å²) in [6.07, 6.45) is 0.649. The fraction of sp³-hybridized carbons (Fsp3) is 0.462. The molecule has 0 saturated carbocycles. The summed E-state index contributed by atoms with van der Waals surface area (Å²) < 4.78 is 22.6. The third kappa shape index (κ3) is 3.32. The molecule has 1 aliphatic heterocycles. The molecule has 98 valence electrons. The Kier molecular flexibility index (Phi) is 3.71. The van der Waals surface area contributed by atoms with Crippen molar-refractivity contribution in [2.45, 2.75) is 13.3 Å². The first-order valence-electron chi connectivity index (χ1n) is 6.01. The lowest BCUT2D eigenvalue weighted by molar-refractivity contribution is 0.0948. The highest BCUT2D eigenvalue weighted by Gasteiger charge is 2.27. The SMILES string of the molecule is Cc1ccc(C(=O)NCC2CCS(=O)(=O)C2)cc1. The molecule has 0 aromatic heterocycles. The number of nitrogens with one attached hydrogen (secondary N) is 1. The van der Waals surface area contributed by atoms with Gasteiger partial charge in [-0.25, -0.2) is 8.42 Å². The molecule has 0 radical (unpaired) electrons. The van der Waals surface area contributed by atoms with E-state index < -0.39 is 9.84 Å². The Morgan fingerprint density at radius 1 is 1.33 bits per heavy atom. The van der Waals surface area contributed by atoms with Crippen molar-refractivity contribution in [3.8, 4) is 0 Å². The maximum atomic E-state index is 11.8. The van der Waals surface area contributed by atoms with Gasteiger partial charge in [0.25, 0.3) is 5.91 Å². The Morgan fingerprint density at radius 2 is 2.00 bits per heavy atom. The van der Waals surface area contributed by atoms with Crippen LogP contribution in [-0.2, 0) is 9.84 Å². The van der Waals surface area contributed by atoms with Gasteiger partial charge in [0.15, 0.2) is 9.84 Å². The summed E-state index contributed by atoms with van der Waals surface area (Å²) in [6, 6.07) is 7.32. The number of sulfone groups is 1. The van der Waals surface area contributed by atoms with Crippen molar-refractivity contribution >= 4 is 15.7 Å². The number of carbonyl (C=O) groups is 1. The van der Waals surface area contributed by atoms with E-state index in [2.05, 4.69) is 5.32 Å². The molecule has 1 heterocycles. The first kappa shape index (κ1) is 13.1. The van der Waals surface area contributed by atoms with Gasteiger partial charge in [-0.15, -0.1) is 0 Å². The number of hydrogen-bond donors (Lipinski definition) is 1. The molecule has 1 aromatic rings. The van der Waals surface area contributed by atoms with Gasteiger partial charge in [0.1, 0.15) is 0 Å². The molecule has 1 fully saturated rings. The zero-order chi connectivity index (χ0) is 13.2. The van der Waals surface area contributed by atoms with Gasteiger partial charge in [0.2, 0.25) is 0 Å². The molecule has 0 aliphatic carbocycles. The normalized spacial score (nSPS) is 21.7. The van der Waals surface area contributed by atoms with Crippen molar-refractivity contribution < 1.29 is 13.2 Å². The summed E-state index contributed by atoms with van der Waals surface area (Å²) >= 11 is 0. The standard InChI is InChI=1S/C13H17NO3S/c1-10-2-4-12(5-3-10)13(15)14-8-11-6-7-18(16,17)9-11/h2-5,11H,6-9H2,1H3,(H,14,15). The van der Waals surface area contributed by atoms with Crippen LogP contribution in [0.1, 0.15) is 22.3 Å². The summed E-state index contributed by atoms with van der Waals surface area (Å²) in [5, 5.41) is 2.79. The quantitative estimate of drug-likeness (QED) is 0.894. The van der Waals surface area contributed by atoms with E-state index in [1.54, 1.807) is 12.1 Å². The minimum atomic E-state index is -2.86. The third-order valence-corrected chi connectivity index (χ3v) is 5.03. The maximum absolute atomic E-state index is 11.8. The van der Waals surface area contributed by atoms with Crippen molar-refractivity contribution in [1.82, 2.24) is 5.32 Å². The molecule has 0 spiro atoms. The molecule has 1 unspecified atom stereocenters. The Hall–Kier alpha value is -1.36. The van der Waals surface area contributed by atoms with Crippen LogP contribution in [0.25, 0.3) is 0 Å². The van der Waals surface area contributed by atoms with E-state index in [4.69, 9.17) is 0 Å². The second kappa shape index (κ2) is 5.10. The maximum Gasteiger partial charge on any atom is 0.251 e. The van der Waals surface area contributed by atoms with E-state index in [-0.39, 0.29) is 23.3 Å². The highest BCUT2D eigenvalue weighted by molar-refractivity contribution is 7.91. The first-order chi connectivity index (χ1) is 8.46.